The minimum atomic E-state index is -2.42. The number of aromatic nitrogens is 2. The first-order valence-electron chi connectivity index (χ1n) is 6.76. The topological polar surface area (TPSA) is 53.1 Å². The summed E-state index contributed by atoms with van der Waals surface area (Å²) in [6, 6.07) is 5.60. The van der Waals surface area contributed by atoms with Crippen molar-refractivity contribution in [2.24, 2.45) is 0 Å². The number of halogens is 2. The normalized spacial score (nSPS) is 15.3. The summed E-state index contributed by atoms with van der Waals surface area (Å²) in [5.41, 5.74) is 8.30. The third-order valence-electron chi connectivity index (χ3n) is 3.45. The van der Waals surface area contributed by atoms with E-state index in [1.54, 1.807) is 0 Å². The van der Waals surface area contributed by atoms with Crippen LogP contribution in [0.4, 0.5) is 14.5 Å². The van der Waals surface area contributed by atoms with Crippen molar-refractivity contribution in [1.82, 2.24) is 9.55 Å². The van der Waals surface area contributed by atoms with Gasteiger partial charge < -0.3 is 15.0 Å². The Hall–Kier alpha value is -1.69. The van der Waals surface area contributed by atoms with Gasteiger partial charge in [0.15, 0.2) is 0 Å². The number of ether oxygens (including phenoxy) is 1. The number of anilines is 1. The lowest BCUT2D eigenvalue weighted by atomic mass is 10.3. The summed E-state index contributed by atoms with van der Waals surface area (Å²) in [4.78, 5) is 4.63. The van der Waals surface area contributed by atoms with Crippen LogP contribution in [-0.2, 0) is 11.3 Å². The van der Waals surface area contributed by atoms with Crippen LogP contribution in [0.15, 0.2) is 18.2 Å². The minimum Gasteiger partial charge on any atom is -0.399 e. The summed E-state index contributed by atoms with van der Waals surface area (Å²) < 4.78 is 31.2. The SMILES string of the molecule is Nc1ccc2c(c1)nc(C1CC1)n2CCOCC(F)F. The average molecular weight is 281 g/mol. The quantitative estimate of drug-likeness (QED) is 0.654. The van der Waals surface area contributed by atoms with Crippen molar-refractivity contribution in [3.05, 3.63) is 24.0 Å². The lowest BCUT2D eigenvalue weighted by molar-refractivity contribution is 0.0148. The maximum Gasteiger partial charge on any atom is 0.261 e. The third-order valence-corrected chi connectivity index (χ3v) is 3.45. The fourth-order valence-electron chi connectivity index (χ4n) is 2.38. The van der Waals surface area contributed by atoms with E-state index in [1.165, 1.54) is 0 Å². The number of imidazole rings is 1. The Morgan fingerprint density at radius 3 is 2.90 bits per heavy atom. The molecule has 3 rings (SSSR count). The molecule has 0 bridgehead atoms. The zero-order valence-corrected chi connectivity index (χ0v) is 11.1. The maximum atomic E-state index is 12.1. The van der Waals surface area contributed by atoms with Crippen LogP contribution >= 0.6 is 0 Å². The summed E-state index contributed by atoms with van der Waals surface area (Å²) in [5, 5.41) is 0. The molecule has 6 heteroatoms. The average Bonchev–Trinajstić information content (AvgIpc) is 3.17. The molecule has 0 saturated heterocycles. The van der Waals surface area contributed by atoms with E-state index >= 15 is 0 Å². The van der Waals surface area contributed by atoms with E-state index in [4.69, 9.17) is 10.5 Å². The summed E-state index contributed by atoms with van der Waals surface area (Å²) in [6.45, 7) is 0.289. The van der Waals surface area contributed by atoms with E-state index in [0.29, 0.717) is 18.2 Å². The van der Waals surface area contributed by atoms with Crippen LogP contribution in [0.3, 0.4) is 0 Å². The van der Waals surface area contributed by atoms with E-state index in [9.17, 15) is 8.78 Å². The van der Waals surface area contributed by atoms with Gasteiger partial charge >= 0.3 is 0 Å². The predicted molar refractivity (Wildman–Crippen MR) is 72.9 cm³/mol. The largest absolute Gasteiger partial charge is 0.399 e. The second-order valence-corrected chi connectivity index (χ2v) is 5.11. The minimum absolute atomic E-state index is 0.264. The molecule has 2 aromatic rings. The van der Waals surface area contributed by atoms with E-state index < -0.39 is 13.0 Å². The van der Waals surface area contributed by atoms with Gasteiger partial charge in [0.25, 0.3) is 6.43 Å². The van der Waals surface area contributed by atoms with E-state index in [-0.39, 0.29) is 6.61 Å². The number of hydrogen-bond donors (Lipinski definition) is 1. The lowest BCUT2D eigenvalue weighted by Crippen LogP contribution is -2.12. The van der Waals surface area contributed by atoms with E-state index in [0.717, 1.165) is 29.7 Å². The van der Waals surface area contributed by atoms with Gasteiger partial charge in [-0.15, -0.1) is 0 Å². The molecule has 1 fully saturated rings. The number of nitrogen functional groups attached to an aromatic ring is 1. The highest BCUT2D eigenvalue weighted by molar-refractivity contribution is 5.79. The number of rotatable bonds is 6. The summed E-state index contributed by atoms with van der Waals surface area (Å²) in [5.74, 6) is 1.50. The first-order valence-corrected chi connectivity index (χ1v) is 6.76. The molecular formula is C14H17F2N3O. The summed E-state index contributed by atoms with van der Waals surface area (Å²) in [7, 11) is 0. The molecule has 0 unspecified atom stereocenters. The highest BCUT2D eigenvalue weighted by Crippen LogP contribution is 2.40. The Bertz CT molecular complexity index is 608. The Kier molecular flexibility index (Phi) is 3.56. The van der Waals surface area contributed by atoms with E-state index in [1.807, 2.05) is 18.2 Å². The van der Waals surface area contributed by atoms with Gasteiger partial charge in [0.05, 0.1) is 17.6 Å². The number of nitrogens with two attached hydrogens (primary N) is 1. The second-order valence-electron chi connectivity index (χ2n) is 5.11. The van der Waals surface area contributed by atoms with Gasteiger partial charge in [0.1, 0.15) is 12.4 Å². The number of benzene rings is 1. The Labute approximate surface area is 115 Å². The van der Waals surface area contributed by atoms with Crippen molar-refractivity contribution < 1.29 is 13.5 Å². The molecule has 1 heterocycles. The summed E-state index contributed by atoms with van der Waals surface area (Å²) >= 11 is 0. The van der Waals surface area contributed by atoms with E-state index in [2.05, 4.69) is 9.55 Å². The van der Waals surface area contributed by atoms with Crippen molar-refractivity contribution in [3.63, 3.8) is 0 Å². The molecule has 0 aliphatic heterocycles. The van der Waals surface area contributed by atoms with Crippen LogP contribution < -0.4 is 5.73 Å². The number of alkyl halides is 2. The lowest BCUT2D eigenvalue weighted by Gasteiger charge is -2.09. The monoisotopic (exact) mass is 281 g/mol. The fourth-order valence-corrected chi connectivity index (χ4v) is 2.38. The first kappa shape index (κ1) is 13.3. The highest BCUT2D eigenvalue weighted by Gasteiger charge is 2.29. The van der Waals surface area contributed by atoms with Crippen LogP contribution in [-0.4, -0.2) is 29.2 Å². The molecule has 1 saturated carbocycles. The second kappa shape index (κ2) is 5.36. The first-order chi connectivity index (χ1) is 9.65. The third kappa shape index (κ3) is 2.75. The predicted octanol–water partition coefficient (Wildman–Crippen LogP) is 2.78. The number of fused-ring (bicyclic) bond motifs is 1. The molecule has 20 heavy (non-hydrogen) atoms. The van der Waals surface area contributed by atoms with Crippen molar-refractivity contribution in [2.45, 2.75) is 31.7 Å². The zero-order chi connectivity index (χ0) is 14.1. The maximum absolute atomic E-state index is 12.1. The zero-order valence-electron chi connectivity index (χ0n) is 11.1. The van der Waals surface area contributed by atoms with Crippen LogP contribution in [0.25, 0.3) is 11.0 Å². The van der Waals surface area contributed by atoms with Gasteiger partial charge in [0, 0.05) is 18.2 Å². The molecule has 2 N–H and O–H groups in total. The van der Waals surface area contributed by atoms with Crippen molar-refractivity contribution in [1.29, 1.82) is 0 Å². The standard InChI is InChI=1S/C14H17F2N3O/c15-13(16)8-20-6-5-19-12-4-3-10(17)7-11(12)18-14(19)9-1-2-9/h3-4,7,9,13H,1-2,5-6,8,17H2. The number of hydrogen-bond acceptors (Lipinski definition) is 3. The van der Waals surface area contributed by atoms with Crippen LogP contribution in [0.5, 0.6) is 0 Å². The molecule has 1 aliphatic rings. The van der Waals surface area contributed by atoms with Crippen molar-refractivity contribution in [2.75, 3.05) is 18.9 Å². The Morgan fingerprint density at radius 2 is 2.20 bits per heavy atom. The summed E-state index contributed by atoms with van der Waals surface area (Å²) in [6.07, 6.45) is -0.148. The molecule has 4 nitrogen and oxygen atoms in total. The molecule has 0 radical (unpaired) electrons. The molecule has 0 atom stereocenters. The van der Waals surface area contributed by atoms with Crippen molar-refractivity contribution >= 4 is 16.7 Å². The van der Waals surface area contributed by atoms with Gasteiger partial charge in [-0.2, -0.15) is 0 Å². The van der Waals surface area contributed by atoms with Gasteiger partial charge in [-0.05, 0) is 31.0 Å². The van der Waals surface area contributed by atoms with Crippen LogP contribution in [0, 0.1) is 0 Å². The highest BCUT2D eigenvalue weighted by atomic mass is 19.3. The van der Waals surface area contributed by atoms with Crippen molar-refractivity contribution in [3.8, 4) is 0 Å². The molecule has 1 aromatic carbocycles. The molecule has 0 spiro atoms. The smallest absolute Gasteiger partial charge is 0.261 e. The van der Waals surface area contributed by atoms with Gasteiger partial charge in [-0.1, -0.05) is 0 Å². The van der Waals surface area contributed by atoms with Gasteiger partial charge in [0.2, 0.25) is 0 Å². The molecule has 1 aromatic heterocycles. The Balaban J connectivity index is 1.81. The van der Waals surface area contributed by atoms with Crippen LogP contribution in [0.1, 0.15) is 24.6 Å². The molecule has 108 valence electrons. The van der Waals surface area contributed by atoms with Gasteiger partial charge in [-0.25, -0.2) is 13.8 Å². The Morgan fingerprint density at radius 1 is 1.40 bits per heavy atom. The number of nitrogens with zero attached hydrogens (tertiary/aromatic N) is 2. The fraction of sp³-hybridized carbons (Fsp3) is 0.500. The molecule has 1 aliphatic carbocycles. The van der Waals surface area contributed by atoms with Crippen LogP contribution in [0.2, 0.25) is 0 Å². The molecular weight excluding hydrogens is 264 g/mol. The molecule has 0 amide bonds. The van der Waals surface area contributed by atoms with Gasteiger partial charge in [-0.3, -0.25) is 0 Å².